The monoisotopic (exact) mass is 270 g/mol. The lowest BCUT2D eigenvalue weighted by molar-refractivity contribution is 0.0106. The van der Waals surface area contributed by atoms with Crippen LogP contribution < -0.4 is 0 Å². The van der Waals surface area contributed by atoms with Crippen LogP contribution in [0.3, 0.4) is 0 Å². The van der Waals surface area contributed by atoms with Crippen LogP contribution in [0.5, 0.6) is 0 Å². The van der Waals surface area contributed by atoms with E-state index in [9.17, 15) is 0 Å². The van der Waals surface area contributed by atoms with E-state index in [1.165, 1.54) is 0 Å². The molecule has 0 aromatic rings. The van der Waals surface area contributed by atoms with Crippen molar-refractivity contribution in [3.63, 3.8) is 0 Å². The van der Waals surface area contributed by atoms with Gasteiger partial charge in [0.2, 0.25) is 0 Å². The van der Waals surface area contributed by atoms with Crippen LogP contribution in [-0.4, -0.2) is 47.6 Å². The molecule has 1 rings (SSSR count). The van der Waals surface area contributed by atoms with Crippen molar-refractivity contribution in [1.29, 1.82) is 0 Å². The molecule has 1 heterocycles. The second-order valence-corrected chi connectivity index (χ2v) is 11.3. The minimum Gasteiger partial charge on any atom is -0.409 e. The standard InChI is InChI=1S/C13H27BO3Si/c1-8-9-10(11(15-5)12(14)16-9)17-18(6,7)13(2,3)4/h9-12H,8H2,1-7H3/t9-,10?,11+,12-/m1/s1. The molecule has 0 aliphatic carbocycles. The van der Waals surface area contributed by atoms with Gasteiger partial charge in [-0.3, -0.25) is 0 Å². The van der Waals surface area contributed by atoms with Crippen LogP contribution in [-0.2, 0) is 13.9 Å². The number of methoxy groups -OCH3 is 1. The van der Waals surface area contributed by atoms with E-state index in [1.54, 1.807) is 7.11 Å². The summed E-state index contributed by atoms with van der Waals surface area (Å²) in [6.45, 7) is 13.3. The lowest BCUT2D eigenvalue weighted by atomic mass is 9.92. The summed E-state index contributed by atoms with van der Waals surface area (Å²) < 4.78 is 17.7. The molecular weight excluding hydrogens is 243 g/mol. The third kappa shape index (κ3) is 3.18. The van der Waals surface area contributed by atoms with Crippen molar-refractivity contribution in [1.82, 2.24) is 0 Å². The van der Waals surface area contributed by atoms with Crippen molar-refractivity contribution in [2.24, 2.45) is 0 Å². The van der Waals surface area contributed by atoms with Gasteiger partial charge in [0.05, 0.1) is 12.2 Å². The van der Waals surface area contributed by atoms with Crippen LogP contribution in [0, 0.1) is 0 Å². The van der Waals surface area contributed by atoms with E-state index in [2.05, 4.69) is 40.8 Å². The molecule has 18 heavy (non-hydrogen) atoms. The van der Waals surface area contributed by atoms with Crippen molar-refractivity contribution in [3.8, 4) is 0 Å². The molecule has 4 atom stereocenters. The molecule has 2 radical (unpaired) electrons. The Morgan fingerprint density at radius 1 is 1.22 bits per heavy atom. The first-order valence-electron chi connectivity index (χ1n) is 6.75. The molecule has 1 saturated heterocycles. The van der Waals surface area contributed by atoms with Crippen molar-refractivity contribution in [2.45, 2.75) is 76.6 Å². The molecule has 0 saturated carbocycles. The van der Waals surface area contributed by atoms with Crippen molar-refractivity contribution in [2.75, 3.05) is 7.11 Å². The molecule has 0 aromatic carbocycles. The quantitative estimate of drug-likeness (QED) is 0.735. The Morgan fingerprint density at radius 3 is 2.17 bits per heavy atom. The Bertz CT molecular complexity index is 278. The van der Waals surface area contributed by atoms with Gasteiger partial charge in [-0.05, 0) is 24.6 Å². The highest BCUT2D eigenvalue weighted by molar-refractivity contribution is 6.74. The van der Waals surface area contributed by atoms with Crippen LogP contribution >= 0.6 is 0 Å². The third-order valence-corrected chi connectivity index (χ3v) is 8.73. The predicted molar refractivity (Wildman–Crippen MR) is 77.6 cm³/mol. The summed E-state index contributed by atoms with van der Waals surface area (Å²) in [5.74, 6) is 0. The van der Waals surface area contributed by atoms with E-state index in [4.69, 9.17) is 21.7 Å². The number of hydrogen-bond donors (Lipinski definition) is 0. The Kier molecular flexibility index (Phi) is 5.09. The third-order valence-electron chi connectivity index (χ3n) is 4.26. The lowest BCUT2D eigenvalue weighted by Crippen LogP contribution is -2.49. The molecule has 0 N–H and O–H groups in total. The summed E-state index contributed by atoms with van der Waals surface area (Å²) in [5.41, 5.74) is 0. The minimum atomic E-state index is -1.83. The van der Waals surface area contributed by atoms with Gasteiger partial charge in [0, 0.05) is 13.1 Å². The highest BCUT2D eigenvalue weighted by Gasteiger charge is 2.48. The first-order valence-corrected chi connectivity index (χ1v) is 9.66. The second-order valence-electron chi connectivity index (χ2n) is 6.59. The maximum absolute atomic E-state index is 6.45. The average Bonchev–Trinajstić information content (AvgIpc) is 2.52. The number of ether oxygens (including phenoxy) is 2. The zero-order chi connectivity index (χ0) is 14.1. The first-order chi connectivity index (χ1) is 8.14. The van der Waals surface area contributed by atoms with Crippen molar-refractivity contribution < 1.29 is 13.9 Å². The van der Waals surface area contributed by atoms with Gasteiger partial charge in [-0.1, -0.05) is 27.7 Å². The van der Waals surface area contributed by atoms with E-state index in [0.29, 0.717) is 0 Å². The molecule has 0 bridgehead atoms. The summed E-state index contributed by atoms with van der Waals surface area (Å²) in [7, 11) is 5.81. The zero-order valence-corrected chi connectivity index (χ0v) is 13.8. The fraction of sp³-hybridized carbons (Fsp3) is 1.00. The van der Waals surface area contributed by atoms with E-state index >= 15 is 0 Å². The first kappa shape index (κ1) is 16.2. The van der Waals surface area contributed by atoms with Crippen LogP contribution in [0.2, 0.25) is 18.1 Å². The van der Waals surface area contributed by atoms with Crippen LogP contribution in [0.25, 0.3) is 0 Å². The largest absolute Gasteiger partial charge is 0.409 e. The normalized spacial score (nSPS) is 33.9. The molecule has 0 amide bonds. The van der Waals surface area contributed by atoms with Gasteiger partial charge in [0.25, 0.3) is 0 Å². The number of hydrogen-bond acceptors (Lipinski definition) is 3. The summed E-state index contributed by atoms with van der Waals surface area (Å²) in [6.07, 6.45) is 0.728. The van der Waals surface area contributed by atoms with Crippen LogP contribution in [0.4, 0.5) is 0 Å². The maximum atomic E-state index is 6.45. The van der Waals surface area contributed by atoms with Crippen LogP contribution in [0.15, 0.2) is 0 Å². The molecule has 1 aliphatic heterocycles. The predicted octanol–water partition coefficient (Wildman–Crippen LogP) is 2.70. The molecule has 3 nitrogen and oxygen atoms in total. The van der Waals surface area contributed by atoms with Crippen molar-refractivity contribution in [3.05, 3.63) is 0 Å². The molecule has 1 aliphatic rings. The van der Waals surface area contributed by atoms with Gasteiger partial charge >= 0.3 is 0 Å². The van der Waals surface area contributed by atoms with E-state index in [0.717, 1.165) is 6.42 Å². The highest BCUT2D eigenvalue weighted by Crippen LogP contribution is 2.40. The van der Waals surface area contributed by atoms with Gasteiger partial charge in [0.15, 0.2) is 8.32 Å². The van der Waals surface area contributed by atoms with Gasteiger partial charge in [0.1, 0.15) is 14.0 Å². The Morgan fingerprint density at radius 2 is 1.78 bits per heavy atom. The van der Waals surface area contributed by atoms with Gasteiger partial charge in [-0.2, -0.15) is 0 Å². The Labute approximate surface area is 114 Å². The van der Waals surface area contributed by atoms with Gasteiger partial charge in [-0.25, -0.2) is 0 Å². The Balaban J connectivity index is 2.85. The zero-order valence-electron chi connectivity index (χ0n) is 12.8. The summed E-state index contributed by atoms with van der Waals surface area (Å²) in [5, 5.41) is 0.177. The summed E-state index contributed by atoms with van der Waals surface area (Å²) >= 11 is 0. The molecule has 5 heteroatoms. The summed E-state index contributed by atoms with van der Waals surface area (Å²) in [4.78, 5) is 0. The fourth-order valence-electron chi connectivity index (χ4n) is 2.01. The van der Waals surface area contributed by atoms with E-state index in [-0.39, 0.29) is 29.4 Å². The van der Waals surface area contributed by atoms with E-state index in [1.807, 2.05) is 0 Å². The fourth-order valence-corrected chi connectivity index (χ4v) is 3.33. The molecular formula is C13H27BO3Si. The van der Waals surface area contributed by atoms with Gasteiger partial charge in [-0.15, -0.1) is 0 Å². The molecule has 1 unspecified atom stereocenters. The molecule has 1 fully saturated rings. The smallest absolute Gasteiger partial charge is 0.192 e. The number of rotatable bonds is 4. The van der Waals surface area contributed by atoms with E-state index < -0.39 is 8.32 Å². The molecule has 0 spiro atoms. The summed E-state index contributed by atoms with van der Waals surface area (Å²) in [6, 6.07) is -0.380. The molecule has 0 aromatic heterocycles. The highest BCUT2D eigenvalue weighted by atomic mass is 28.4. The minimum absolute atomic E-state index is 0.0408. The second kappa shape index (κ2) is 5.65. The van der Waals surface area contributed by atoms with Gasteiger partial charge < -0.3 is 13.9 Å². The van der Waals surface area contributed by atoms with Crippen LogP contribution in [0.1, 0.15) is 34.1 Å². The average molecular weight is 270 g/mol. The Hall–Kier alpha value is 0.162. The SMILES string of the molecule is [B][C@@H]1O[C@H](CC)C(O[Si](C)(C)C(C)(C)C)[C@@H]1OC. The topological polar surface area (TPSA) is 27.7 Å². The van der Waals surface area contributed by atoms with Crippen molar-refractivity contribution >= 4 is 16.2 Å². The maximum Gasteiger partial charge on any atom is 0.192 e. The lowest BCUT2D eigenvalue weighted by Gasteiger charge is -2.40. The molecule has 104 valence electrons.